The Morgan fingerprint density at radius 2 is 1.90 bits per heavy atom. The first-order chi connectivity index (χ1) is 9.08. The lowest BCUT2D eigenvalue weighted by molar-refractivity contribution is -0.118. The minimum atomic E-state index is -0.493. The summed E-state index contributed by atoms with van der Waals surface area (Å²) in [4.78, 5) is 11.8. The average molecular weight is 295 g/mol. The predicted octanol–water partition coefficient (Wildman–Crippen LogP) is 2.42. The Balaban J connectivity index is 0.00000200. The molecular formula is C14H19ClN4O. The summed E-state index contributed by atoms with van der Waals surface area (Å²) < 4.78 is 0. The number of anilines is 1. The Bertz CT molecular complexity index is 537. The molecule has 0 aliphatic rings. The first-order valence-electron chi connectivity index (χ1n) is 6.24. The molecule has 2 aromatic rings. The smallest absolute Gasteiger partial charge is 0.241 e. The third-order valence-corrected chi connectivity index (χ3v) is 2.99. The number of nitrogens with two attached hydrogens (primary N) is 1. The first kappa shape index (κ1) is 16.2. The van der Waals surface area contributed by atoms with Gasteiger partial charge in [0.15, 0.2) is 0 Å². The van der Waals surface area contributed by atoms with Crippen LogP contribution in [0.1, 0.15) is 13.8 Å². The number of nitrogens with one attached hydrogen (secondary N) is 2. The van der Waals surface area contributed by atoms with Crippen LogP contribution in [-0.4, -0.2) is 22.1 Å². The van der Waals surface area contributed by atoms with Crippen LogP contribution in [-0.2, 0) is 4.79 Å². The molecule has 0 unspecified atom stereocenters. The van der Waals surface area contributed by atoms with Gasteiger partial charge in [-0.3, -0.25) is 9.89 Å². The second kappa shape index (κ2) is 7.07. The number of amides is 1. The van der Waals surface area contributed by atoms with Crippen molar-refractivity contribution in [3.05, 3.63) is 36.5 Å². The van der Waals surface area contributed by atoms with Crippen LogP contribution in [0.25, 0.3) is 11.3 Å². The van der Waals surface area contributed by atoms with Crippen LogP contribution in [0.4, 0.5) is 5.69 Å². The summed E-state index contributed by atoms with van der Waals surface area (Å²) in [6.45, 7) is 3.84. The van der Waals surface area contributed by atoms with Gasteiger partial charge in [-0.05, 0) is 29.7 Å². The molecule has 4 N–H and O–H groups in total. The van der Waals surface area contributed by atoms with Gasteiger partial charge in [0.1, 0.15) is 0 Å². The zero-order valence-electron chi connectivity index (χ0n) is 11.5. The Morgan fingerprint density at radius 1 is 1.25 bits per heavy atom. The van der Waals surface area contributed by atoms with E-state index in [0.717, 1.165) is 16.9 Å². The number of carbonyl (C=O) groups is 1. The molecule has 2 rings (SSSR count). The van der Waals surface area contributed by atoms with Gasteiger partial charge in [-0.25, -0.2) is 0 Å². The molecule has 0 saturated heterocycles. The van der Waals surface area contributed by atoms with Crippen molar-refractivity contribution in [1.82, 2.24) is 10.2 Å². The lowest BCUT2D eigenvalue weighted by Gasteiger charge is -2.15. The van der Waals surface area contributed by atoms with Crippen LogP contribution >= 0.6 is 12.4 Å². The third kappa shape index (κ3) is 3.82. The van der Waals surface area contributed by atoms with Crippen molar-refractivity contribution in [2.75, 3.05) is 5.32 Å². The van der Waals surface area contributed by atoms with E-state index in [-0.39, 0.29) is 24.2 Å². The predicted molar refractivity (Wildman–Crippen MR) is 82.7 cm³/mol. The quantitative estimate of drug-likeness (QED) is 0.809. The van der Waals surface area contributed by atoms with Crippen molar-refractivity contribution < 1.29 is 4.79 Å². The third-order valence-electron chi connectivity index (χ3n) is 2.99. The Labute approximate surface area is 124 Å². The maximum Gasteiger partial charge on any atom is 0.241 e. The van der Waals surface area contributed by atoms with Crippen LogP contribution in [0.3, 0.4) is 0 Å². The zero-order chi connectivity index (χ0) is 13.8. The standard InChI is InChI=1S/C14H18N4O.ClH/c1-9(2)13(15)14(19)17-11-5-3-10(4-6-11)12-7-8-16-18-12;/h3-9,13H,15H2,1-2H3,(H,16,18)(H,17,19);1H/t13-;/m0./s1. The highest BCUT2D eigenvalue weighted by Gasteiger charge is 2.16. The first-order valence-corrected chi connectivity index (χ1v) is 6.24. The van der Waals surface area contributed by atoms with Gasteiger partial charge >= 0.3 is 0 Å². The molecule has 108 valence electrons. The Hall–Kier alpha value is -1.85. The van der Waals surface area contributed by atoms with Gasteiger partial charge in [0.05, 0.1) is 11.7 Å². The summed E-state index contributed by atoms with van der Waals surface area (Å²) in [7, 11) is 0. The second-order valence-corrected chi connectivity index (χ2v) is 4.81. The molecule has 1 atom stereocenters. The molecule has 0 saturated carbocycles. The topological polar surface area (TPSA) is 83.8 Å². The number of halogens is 1. The molecule has 1 heterocycles. The van der Waals surface area contributed by atoms with Crippen molar-refractivity contribution in [3.8, 4) is 11.3 Å². The van der Waals surface area contributed by atoms with Crippen molar-refractivity contribution in [3.63, 3.8) is 0 Å². The Morgan fingerprint density at radius 3 is 2.40 bits per heavy atom. The van der Waals surface area contributed by atoms with Crippen LogP contribution in [0.2, 0.25) is 0 Å². The largest absolute Gasteiger partial charge is 0.325 e. The summed E-state index contributed by atoms with van der Waals surface area (Å²) in [5, 5.41) is 9.60. The molecule has 0 bridgehead atoms. The van der Waals surface area contributed by atoms with Crippen LogP contribution in [0, 0.1) is 5.92 Å². The summed E-state index contributed by atoms with van der Waals surface area (Å²) >= 11 is 0. The van der Waals surface area contributed by atoms with Gasteiger partial charge in [-0.15, -0.1) is 12.4 Å². The molecule has 5 nitrogen and oxygen atoms in total. The average Bonchev–Trinajstić information content (AvgIpc) is 2.92. The summed E-state index contributed by atoms with van der Waals surface area (Å²) in [5.41, 5.74) is 8.49. The fourth-order valence-corrected chi connectivity index (χ4v) is 1.68. The molecular weight excluding hydrogens is 276 g/mol. The second-order valence-electron chi connectivity index (χ2n) is 4.81. The number of hydrogen-bond donors (Lipinski definition) is 3. The summed E-state index contributed by atoms with van der Waals surface area (Å²) in [5.74, 6) is -0.0476. The van der Waals surface area contributed by atoms with E-state index >= 15 is 0 Å². The minimum Gasteiger partial charge on any atom is -0.325 e. The number of aromatic amines is 1. The number of hydrogen-bond acceptors (Lipinski definition) is 3. The minimum absolute atomic E-state index is 0. The van der Waals surface area contributed by atoms with Gasteiger partial charge in [0.25, 0.3) is 0 Å². The van der Waals surface area contributed by atoms with Gasteiger partial charge < -0.3 is 11.1 Å². The molecule has 1 amide bonds. The number of aromatic nitrogens is 2. The highest BCUT2D eigenvalue weighted by molar-refractivity contribution is 5.95. The van der Waals surface area contributed by atoms with E-state index in [9.17, 15) is 4.79 Å². The van der Waals surface area contributed by atoms with Gasteiger partial charge in [-0.1, -0.05) is 26.0 Å². The molecule has 0 spiro atoms. The lowest BCUT2D eigenvalue weighted by Crippen LogP contribution is -2.39. The van der Waals surface area contributed by atoms with E-state index in [1.54, 1.807) is 6.20 Å². The SMILES string of the molecule is CC(C)[C@H](N)C(=O)Nc1ccc(-c2ccn[nH]2)cc1.Cl. The summed E-state index contributed by atoms with van der Waals surface area (Å²) in [6.07, 6.45) is 1.70. The molecule has 6 heteroatoms. The summed E-state index contributed by atoms with van der Waals surface area (Å²) in [6, 6.07) is 8.94. The zero-order valence-corrected chi connectivity index (χ0v) is 12.3. The maximum atomic E-state index is 11.8. The van der Waals surface area contributed by atoms with Crippen molar-refractivity contribution >= 4 is 24.0 Å². The highest BCUT2D eigenvalue weighted by atomic mass is 35.5. The van der Waals surface area contributed by atoms with Gasteiger partial charge in [0.2, 0.25) is 5.91 Å². The Kier molecular flexibility index (Phi) is 5.73. The van der Waals surface area contributed by atoms with Crippen LogP contribution in [0.5, 0.6) is 0 Å². The van der Waals surface area contributed by atoms with Crippen molar-refractivity contribution in [2.24, 2.45) is 11.7 Å². The van der Waals surface area contributed by atoms with E-state index in [2.05, 4.69) is 15.5 Å². The molecule has 1 aromatic heterocycles. The van der Waals surface area contributed by atoms with Crippen molar-refractivity contribution in [2.45, 2.75) is 19.9 Å². The molecule has 20 heavy (non-hydrogen) atoms. The lowest BCUT2D eigenvalue weighted by atomic mass is 10.0. The maximum absolute atomic E-state index is 11.8. The monoisotopic (exact) mass is 294 g/mol. The normalized spacial score (nSPS) is 11.8. The van der Waals surface area contributed by atoms with Gasteiger partial charge in [0, 0.05) is 11.9 Å². The van der Waals surface area contributed by atoms with E-state index in [1.165, 1.54) is 0 Å². The molecule has 0 fully saturated rings. The van der Waals surface area contributed by atoms with E-state index < -0.39 is 6.04 Å². The van der Waals surface area contributed by atoms with Gasteiger partial charge in [-0.2, -0.15) is 5.10 Å². The van der Waals surface area contributed by atoms with E-state index in [1.807, 2.05) is 44.2 Å². The number of H-pyrrole nitrogens is 1. The molecule has 0 aliphatic heterocycles. The van der Waals surface area contributed by atoms with Crippen molar-refractivity contribution in [1.29, 1.82) is 0 Å². The highest BCUT2D eigenvalue weighted by Crippen LogP contribution is 2.19. The number of benzene rings is 1. The number of rotatable bonds is 4. The fraction of sp³-hybridized carbons (Fsp3) is 0.286. The van der Waals surface area contributed by atoms with Crippen LogP contribution in [0.15, 0.2) is 36.5 Å². The number of carbonyl (C=O) groups excluding carboxylic acids is 1. The molecule has 0 radical (unpaired) electrons. The van der Waals surface area contributed by atoms with Crippen LogP contribution < -0.4 is 11.1 Å². The molecule has 0 aliphatic carbocycles. The molecule has 1 aromatic carbocycles. The van der Waals surface area contributed by atoms with E-state index in [4.69, 9.17) is 5.73 Å². The number of nitrogens with zero attached hydrogens (tertiary/aromatic N) is 1. The fourth-order valence-electron chi connectivity index (χ4n) is 1.68. The van der Waals surface area contributed by atoms with E-state index in [0.29, 0.717) is 0 Å².